The summed E-state index contributed by atoms with van der Waals surface area (Å²) < 4.78 is 7.37. The zero-order valence-electron chi connectivity index (χ0n) is 10.3. The maximum absolute atomic E-state index is 5.86. The van der Waals surface area contributed by atoms with Crippen LogP contribution in [0.1, 0.15) is 18.5 Å². The molecule has 94 valence electrons. The SMILES string of the molecule is Cc1ccn(-c2ccc(N)c(OCC3CC3)n2)n1. The van der Waals surface area contributed by atoms with Gasteiger partial charge in [0.05, 0.1) is 18.0 Å². The van der Waals surface area contributed by atoms with E-state index in [-0.39, 0.29) is 0 Å². The number of aromatic nitrogens is 3. The lowest BCUT2D eigenvalue weighted by Crippen LogP contribution is -2.06. The first-order valence-electron chi connectivity index (χ1n) is 6.14. The maximum atomic E-state index is 5.86. The zero-order valence-corrected chi connectivity index (χ0v) is 10.3. The highest BCUT2D eigenvalue weighted by Gasteiger charge is 2.22. The topological polar surface area (TPSA) is 66.0 Å². The Bertz CT molecular complexity index is 560. The van der Waals surface area contributed by atoms with E-state index in [0.717, 1.165) is 11.5 Å². The fourth-order valence-electron chi connectivity index (χ4n) is 1.71. The lowest BCUT2D eigenvalue weighted by Gasteiger charge is -2.09. The van der Waals surface area contributed by atoms with E-state index in [2.05, 4.69) is 10.1 Å². The summed E-state index contributed by atoms with van der Waals surface area (Å²) in [5.41, 5.74) is 7.39. The van der Waals surface area contributed by atoms with Gasteiger partial charge in [0.25, 0.3) is 0 Å². The first-order valence-corrected chi connectivity index (χ1v) is 6.14. The van der Waals surface area contributed by atoms with E-state index >= 15 is 0 Å². The predicted molar refractivity (Wildman–Crippen MR) is 68.7 cm³/mol. The van der Waals surface area contributed by atoms with Crippen LogP contribution < -0.4 is 10.5 Å². The third-order valence-electron chi connectivity index (χ3n) is 2.98. The molecular formula is C13H16N4O. The number of anilines is 1. The van der Waals surface area contributed by atoms with Crippen molar-refractivity contribution in [1.82, 2.24) is 14.8 Å². The first kappa shape index (κ1) is 11.1. The summed E-state index contributed by atoms with van der Waals surface area (Å²) in [5.74, 6) is 1.91. The van der Waals surface area contributed by atoms with Crippen molar-refractivity contribution in [3.63, 3.8) is 0 Å². The quantitative estimate of drug-likeness (QED) is 0.892. The average molecular weight is 244 g/mol. The van der Waals surface area contributed by atoms with E-state index < -0.39 is 0 Å². The number of nitrogen functional groups attached to an aromatic ring is 1. The molecule has 0 aliphatic heterocycles. The number of hydrogen-bond donors (Lipinski definition) is 1. The van der Waals surface area contributed by atoms with Gasteiger partial charge in [0.1, 0.15) is 0 Å². The van der Waals surface area contributed by atoms with Crippen LogP contribution in [-0.4, -0.2) is 21.4 Å². The molecule has 0 saturated heterocycles. The fraction of sp³-hybridized carbons (Fsp3) is 0.385. The summed E-state index contributed by atoms with van der Waals surface area (Å²) >= 11 is 0. The van der Waals surface area contributed by atoms with E-state index in [1.807, 2.05) is 31.3 Å². The minimum Gasteiger partial charge on any atom is -0.476 e. The molecule has 2 aromatic rings. The number of pyridine rings is 1. The molecule has 0 unspecified atom stereocenters. The third kappa shape index (κ3) is 2.30. The number of hydrogen-bond acceptors (Lipinski definition) is 4. The number of nitrogens with zero attached hydrogens (tertiary/aromatic N) is 3. The predicted octanol–water partition coefficient (Wildman–Crippen LogP) is 1.95. The highest BCUT2D eigenvalue weighted by atomic mass is 16.5. The van der Waals surface area contributed by atoms with Gasteiger partial charge in [-0.1, -0.05) is 0 Å². The standard InChI is InChI=1S/C13H16N4O/c1-9-6-7-17(16-9)12-5-4-11(14)13(15-12)18-8-10-2-3-10/h4-7,10H,2-3,8,14H2,1H3. The number of nitrogens with two attached hydrogens (primary N) is 1. The van der Waals surface area contributed by atoms with Crippen molar-refractivity contribution in [2.75, 3.05) is 12.3 Å². The van der Waals surface area contributed by atoms with Gasteiger partial charge in [-0.05, 0) is 43.9 Å². The monoisotopic (exact) mass is 244 g/mol. The van der Waals surface area contributed by atoms with Crippen molar-refractivity contribution >= 4 is 5.69 Å². The van der Waals surface area contributed by atoms with Crippen molar-refractivity contribution in [3.05, 3.63) is 30.1 Å². The van der Waals surface area contributed by atoms with E-state index in [4.69, 9.17) is 10.5 Å². The maximum Gasteiger partial charge on any atom is 0.239 e. The van der Waals surface area contributed by atoms with Crippen molar-refractivity contribution in [1.29, 1.82) is 0 Å². The summed E-state index contributed by atoms with van der Waals surface area (Å²) in [5, 5.41) is 4.32. The molecule has 18 heavy (non-hydrogen) atoms. The molecule has 0 aromatic carbocycles. The van der Waals surface area contributed by atoms with Gasteiger partial charge in [-0.15, -0.1) is 0 Å². The minimum absolute atomic E-state index is 0.507. The molecule has 2 N–H and O–H groups in total. The van der Waals surface area contributed by atoms with Gasteiger partial charge in [0.2, 0.25) is 5.88 Å². The molecule has 1 fully saturated rings. The molecule has 1 aliphatic carbocycles. The van der Waals surface area contributed by atoms with Crippen LogP contribution in [0.15, 0.2) is 24.4 Å². The summed E-state index contributed by atoms with van der Waals surface area (Å²) in [6.45, 7) is 2.65. The normalized spacial score (nSPS) is 14.7. The molecule has 5 heteroatoms. The van der Waals surface area contributed by atoms with E-state index in [1.54, 1.807) is 4.68 Å². The molecule has 3 rings (SSSR count). The smallest absolute Gasteiger partial charge is 0.239 e. The molecule has 2 heterocycles. The van der Waals surface area contributed by atoms with Crippen molar-refractivity contribution in [3.8, 4) is 11.7 Å². The minimum atomic E-state index is 0.507. The molecule has 0 bridgehead atoms. The average Bonchev–Trinajstić information content (AvgIpc) is 3.09. The van der Waals surface area contributed by atoms with Gasteiger partial charge in [0.15, 0.2) is 5.82 Å². The van der Waals surface area contributed by atoms with Crippen molar-refractivity contribution < 1.29 is 4.74 Å². The van der Waals surface area contributed by atoms with E-state index in [9.17, 15) is 0 Å². The number of ether oxygens (including phenoxy) is 1. The van der Waals surface area contributed by atoms with E-state index in [1.165, 1.54) is 12.8 Å². The van der Waals surface area contributed by atoms with Crippen LogP contribution >= 0.6 is 0 Å². The third-order valence-corrected chi connectivity index (χ3v) is 2.98. The Kier molecular flexibility index (Phi) is 2.66. The van der Waals surface area contributed by atoms with Crippen LogP contribution in [0.25, 0.3) is 5.82 Å². The van der Waals surface area contributed by atoms with Gasteiger partial charge in [-0.2, -0.15) is 10.1 Å². The fourth-order valence-corrected chi connectivity index (χ4v) is 1.71. The molecule has 0 atom stereocenters. The molecule has 1 aliphatic rings. The molecule has 5 nitrogen and oxygen atoms in total. The number of rotatable bonds is 4. The van der Waals surface area contributed by atoms with Crippen LogP contribution in [0.4, 0.5) is 5.69 Å². The molecule has 0 radical (unpaired) electrons. The molecule has 0 spiro atoms. The van der Waals surface area contributed by atoms with Crippen molar-refractivity contribution in [2.24, 2.45) is 5.92 Å². The Morgan fingerprint density at radius 3 is 2.89 bits per heavy atom. The van der Waals surface area contributed by atoms with Crippen LogP contribution in [0.5, 0.6) is 5.88 Å². The zero-order chi connectivity index (χ0) is 12.5. The summed E-state index contributed by atoms with van der Waals surface area (Å²) in [6.07, 6.45) is 4.37. The highest BCUT2D eigenvalue weighted by molar-refractivity contribution is 5.50. The van der Waals surface area contributed by atoms with Crippen LogP contribution in [0, 0.1) is 12.8 Å². The molecule has 1 saturated carbocycles. The summed E-state index contributed by atoms with van der Waals surface area (Å²) in [4.78, 5) is 4.41. The Hall–Kier alpha value is -2.04. The Morgan fingerprint density at radius 1 is 1.39 bits per heavy atom. The summed E-state index contributed by atoms with van der Waals surface area (Å²) in [6, 6.07) is 5.58. The van der Waals surface area contributed by atoms with Crippen molar-refractivity contribution in [2.45, 2.75) is 19.8 Å². The molecule has 0 amide bonds. The molecule has 2 aromatic heterocycles. The van der Waals surface area contributed by atoms with Crippen LogP contribution in [0.3, 0.4) is 0 Å². The second kappa shape index (κ2) is 4.33. The van der Waals surface area contributed by atoms with Crippen LogP contribution in [0.2, 0.25) is 0 Å². The van der Waals surface area contributed by atoms with Gasteiger partial charge in [0, 0.05) is 6.20 Å². The Labute approximate surface area is 106 Å². The Morgan fingerprint density at radius 2 is 2.22 bits per heavy atom. The van der Waals surface area contributed by atoms with Gasteiger partial charge in [-0.3, -0.25) is 0 Å². The second-order valence-electron chi connectivity index (χ2n) is 4.72. The first-order chi connectivity index (χ1) is 8.72. The Balaban J connectivity index is 1.84. The number of aryl methyl sites for hydroxylation is 1. The lowest BCUT2D eigenvalue weighted by atomic mass is 10.4. The lowest BCUT2D eigenvalue weighted by molar-refractivity contribution is 0.290. The van der Waals surface area contributed by atoms with Gasteiger partial charge < -0.3 is 10.5 Å². The van der Waals surface area contributed by atoms with Crippen LogP contribution in [-0.2, 0) is 0 Å². The summed E-state index contributed by atoms with van der Waals surface area (Å²) in [7, 11) is 0. The van der Waals surface area contributed by atoms with Gasteiger partial charge in [-0.25, -0.2) is 4.68 Å². The second-order valence-corrected chi connectivity index (χ2v) is 4.72. The largest absolute Gasteiger partial charge is 0.476 e. The van der Waals surface area contributed by atoms with E-state index in [0.29, 0.717) is 24.1 Å². The molecular weight excluding hydrogens is 228 g/mol. The highest BCUT2D eigenvalue weighted by Crippen LogP contribution is 2.30. The van der Waals surface area contributed by atoms with Gasteiger partial charge >= 0.3 is 0 Å².